The van der Waals surface area contributed by atoms with Crippen LogP contribution in [0.3, 0.4) is 0 Å². The minimum atomic E-state index is -0.932. The number of rotatable bonds is 6. The SMILES string of the molecule is CSCC[C@H](NC(=O)C1CCCC1C)C(=O)O. The number of amides is 1. The first-order valence-corrected chi connectivity index (χ1v) is 7.47. The fourth-order valence-corrected chi connectivity index (χ4v) is 2.78. The number of carbonyl (C=O) groups excluding carboxylic acids is 1. The fourth-order valence-electron chi connectivity index (χ4n) is 2.31. The molecule has 0 radical (unpaired) electrons. The Balaban J connectivity index is 2.48. The van der Waals surface area contributed by atoms with Crippen LogP contribution in [0, 0.1) is 11.8 Å². The Morgan fingerprint density at radius 2 is 2.18 bits per heavy atom. The number of carboxylic acids is 1. The molecule has 0 bridgehead atoms. The summed E-state index contributed by atoms with van der Waals surface area (Å²) in [5.74, 6) is 0.120. The number of carbonyl (C=O) groups is 2. The van der Waals surface area contributed by atoms with Gasteiger partial charge >= 0.3 is 5.97 Å². The van der Waals surface area contributed by atoms with E-state index in [0.717, 1.165) is 25.0 Å². The molecule has 3 atom stereocenters. The number of hydrogen-bond donors (Lipinski definition) is 2. The molecule has 0 aliphatic heterocycles. The Morgan fingerprint density at radius 3 is 2.65 bits per heavy atom. The van der Waals surface area contributed by atoms with E-state index in [1.807, 2.05) is 6.26 Å². The second-order valence-electron chi connectivity index (χ2n) is 4.70. The Hall–Kier alpha value is -0.710. The minimum absolute atomic E-state index is 0.00568. The maximum Gasteiger partial charge on any atom is 0.326 e. The van der Waals surface area contributed by atoms with Crippen LogP contribution >= 0.6 is 11.8 Å². The van der Waals surface area contributed by atoms with E-state index >= 15 is 0 Å². The molecule has 1 fully saturated rings. The maximum absolute atomic E-state index is 12.0. The maximum atomic E-state index is 12.0. The van der Waals surface area contributed by atoms with Crippen LogP contribution in [-0.4, -0.2) is 35.0 Å². The molecule has 1 rings (SSSR count). The summed E-state index contributed by atoms with van der Waals surface area (Å²) in [6.07, 6.45) is 5.45. The monoisotopic (exact) mass is 259 g/mol. The lowest BCUT2D eigenvalue weighted by Gasteiger charge is -2.19. The summed E-state index contributed by atoms with van der Waals surface area (Å²) in [4.78, 5) is 23.0. The van der Waals surface area contributed by atoms with E-state index in [2.05, 4.69) is 12.2 Å². The molecule has 0 aromatic heterocycles. The first-order valence-electron chi connectivity index (χ1n) is 6.08. The third-order valence-corrected chi connectivity index (χ3v) is 4.07. The molecule has 2 N–H and O–H groups in total. The molecule has 0 spiro atoms. The van der Waals surface area contributed by atoms with Crippen molar-refractivity contribution in [2.45, 2.75) is 38.6 Å². The molecule has 17 heavy (non-hydrogen) atoms. The summed E-state index contributed by atoms with van der Waals surface area (Å²) in [5, 5.41) is 11.7. The van der Waals surface area contributed by atoms with Gasteiger partial charge in [0.15, 0.2) is 0 Å². The smallest absolute Gasteiger partial charge is 0.326 e. The van der Waals surface area contributed by atoms with Gasteiger partial charge in [0.1, 0.15) is 6.04 Å². The van der Waals surface area contributed by atoms with Crippen molar-refractivity contribution in [2.75, 3.05) is 12.0 Å². The second kappa shape index (κ2) is 6.89. The van der Waals surface area contributed by atoms with Gasteiger partial charge in [-0.25, -0.2) is 4.79 Å². The van der Waals surface area contributed by atoms with Crippen molar-refractivity contribution in [3.05, 3.63) is 0 Å². The lowest BCUT2D eigenvalue weighted by molar-refractivity contribution is -0.142. The van der Waals surface area contributed by atoms with E-state index < -0.39 is 12.0 Å². The van der Waals surface area contributed by atoms with Crippen LogP contribution in [0.1, 0.15) is 32.6 Å². The van der Waals surface area contributed by atoms with Gasteiger partial charge in [0, 0.05) is 5.92 Å². The van der Waals surface area contributed by atoms with E-state index in [1.54, 1.807) is 11.8 Å². The molecule has 0 saturated heterocycles. The Kier molecular flexibility index (Phi) is 5.82. The van der Waals surface area contributed by atoms with E-state index in [0.29, 0.717) is 12.3 Å². The lowest BCUT2D eigenvalue weighted by Crippen LogP contribution is -2.44. The van der Waals surface area contributed by atoms with E-state index in [-0.39, 0.29) is 11.8 Å². The average molecular weight is 259 g/mol. The van der Waals surface area contributed by atoms with Gasteiger partial charge in [-0.15, -0.1) is 0 Å². The van der Waals surface area contributed by atoms with Crippen LogP contribution in [0.25, 0.3) is 0 Å². The third-order valence-electron chi connectivity index (χ3n) is 3.42. The van der Waals surface area contributed by atoms with Crippen LogP contribution in [0.2, 0.25) is 0 Å². The highest BCUT2D eigenvalue weighted by Crippen LogP contribution is 2.31. The summed E-state index contributed by atoms with van der Waals surface area (Å²) in [7, 11) is 0. The number of carboxylic acid groups (broad SMARTS) is 1. The van der Waals surface area contributed by atoms with Crippen molar-refractivity contribution in [1.82, 2.24) is 5.32 Å². The van der Waals surface area contributed by atoms with E-state index in [1.165, 1.54) is 0 Å². The van der Waals surface area contributed by atoms with E-state index in [4.69, 9.17) is 5.11 Å². The number of nitrogens with one attached hydrogen (secondary N) is 1. The predicted octanol–water partition coefficient (Wildman–Crippen LogP) is 1.75. The van der Waals surface area contributed by atoms with Gasteiger partial charge in [0.05, 0.1) is 0 Å². The Morgan fingerprint density at radius 1 is 1.47 bits per heavy atom. The molecular weight excluding hydrogens is 238 g/mol. The van der Waals surface area contributed by atoms with Crippen molar-refractivity contribution in [3.8, 4) is 0 Å². The highest BCUT2D eigenvalue weighted by Gasteiger charge is 2.31. The topological polar surface area (TPSA) is 66.4 Å². The molecule has 1 aliphatic rings. The summed E-state index contributed by atoms with van der Waals surface area (Å²) < 4.78 is 0. The van der Waals surface area contributed by atoms with Gasteiger partial charge in [-0.05, 0) is 37.2 Å². The summed E-state index contributed by atoms with van der Waals surface area (Å²) in [6, 6.07) is -0.734. The van der Waals surface area contributed by atoms with Crippen LogP contribution in [-0.2, 0) is 9.59 Å². The number of hydrogen-bond acceptors (Lipinski definition) is 3. The van der Waals surface area contributed by atoms with Gasteiger partial charge in [0.25, 0.3) is 0 Å². The van der Waals surface area contributed by atoms with Crippen LogP contribution in [0.4, 0.5) is 0 Å². The zero-order valence-electron chi connectivity index (χ0n) is 10.4. The zero-order valence-corrected chi connectivity index (χ0v) is 11.3. The van der Waals surface area contributed by atoms with Crippen molar-refractivity contribution >= 4 is 23.6 Å². The highest BCUT2D eigenvalue weighted by atomic mass is 32.2. The zero-order chi connectivity index (χ0) is 12.8. The van der Waals surface area contributed by atoms with Crippen molar-refractivity contribution in [3.63, 3.8) is 0 Å². The van der Waals surface area contributed by atoms with Gasteiger partial charge in [-0.3, -0.25) is 4.79 Å². The molecule has 1 saturated carbocycles. The first-order chi connectivity index (χ1) is 8.06. The van der Waals surface area contributed by atoms with Crippen molar-refractivity contribution < 1.29 is 14.7 Å². The van der Waals surface area contributed by atoms with Gasteiger partial charge in [0.2, 0.25) is 5.91 Å². The lowest BCUT2D eigenvalue weighted by atomic mass is 9.97. The largest absolute Gasteiger partial charge is 0.480 e. The average Bonchev–Trinajstić information content (AvgIpc) is 2.70. The van der Waals surface area contributed by atoms with E-state index in [9.17, 15) is 9.59 Å². The number of thioether (sulfide) groups is 1. The molecule has 0 aromatic rings. The first kappa shape index (κ1) is 14.4. The van der Waals surface area contributed by atoms with Gasteiger partial charge < -0.3 is 10.4 Å². The molecular formula is C12H21NO3S. The van der Waals surface area contributed by atoms with Crippen molar-refractivity contribution in [1.29, 1.82) is 0 Å². The predicted molar refractivity (Wildman–Crippen MR) is 69.1 cm³/mol. The van der Waals surface area contributed by atoms with Gasteiger partial charge in [-0.1, -0.05) is 13.3 Å². The molecule has 2 unspecified atom stereocenters. The Bertz CT molecular complexity index is 283. The molecule has 0 aromatic carbocycles. The van der Waals surface area contributed by atoms with Crippen LogP contribution in [0.5, 0.6) is 0 Å². The molecule has 4 nitrogen and oxygen atoms in total. The van der Waals surface area contributed by atoms with Crippen LogP contribution in [0.15, 0.2) is 0 Å². The fraction of sp³-hybridized carbons (Fsp3) is 0.833. The van der Waals surface area contributed by atoms with Gasteiger partial charge in [-0.2, -0.15) is 11.8 Å². The summed E-state index contributed by atoms with van der Waals surface area (Å²) >= 11 is 1.59. The third kappa shape index (κ3) is 4.22. The van der Waals surface area contributed by atoms with Crippen LogP contribution < -0.4 is 5.32 Å². The molecule has 0 heterocycles. The summed E-state index contributed by atoms with van der Waals surface area (Å²) in [5.41, 5.74) is 0. The second-order valence-corrected chi connectivity index (χ2v) is 5.68. The molecule has 1 aliphatic carbocycles. The molecule has 1 amide bonds. The van der Waals surface area contributed by atoms with Crippen molar-refractivity contribution in [2.24, 2.45) is 11.8 Å². The molecule has 5 heteroatoms. The highest BCUT2D eigenvalue weighted by molar-refractivity contribution is 7.98. The normalized spacial score (nSPS) is 25.5. The summed E-state index contributed by atoms with van der Waals surface area (Å²) in [6.45, 7) is 2.06. The molecule has 98 valence electrons. The standard InChI is InChI=1S/C12H21NO3S/c1-8-4-3-5-9(8)11(14)13-10(12(15)16)6-7-17-2/h8-10H,3-7H2,1-2H3,(H,13,14)(H,15,16)/t8?,9?,10-/m0/s1. The quantitative estimate of drug-likeness (QED) is 0.762. The minimum Gasteiger partial charge on any atom is -0.480 e. The Labute approximate surface area is 107 Å². The number of aliphatic carboxylic acids is 1.